The van der Waals surface area contributed by atoms with E-state index in [0.29, 0.717) is 17.1 Å². The van der Waals surface area contributed by atoms with Crippen molar-refractivity contribution in [3.63, 3.8) is 0 Å². The monoisotopic (exact) mass is 314 g/mol. The molecule has 1 atom stereocenters. The highest BCUT2D eigenvalue weighted by Crippen LogP contribution is 2.34. The number of carbonyl (C=O) groups is 1. The third-order valence-electron chi connectivity index (χ3n) is 4.18. The number of likely N-dealkylation sites (tertiary alicyclic amines) is 1. The first-order chi connectivity index (χ1) is 10.7. The van der Waals surface area contributed by atoms with Gasteiger partial charge in [-0.25, -0.2) is 0 Å². The van der Waals surface area contributed by atoms with Crippen LogP contribution in [0.15, 0.2) is 48.5 Å². The summed E-state index contributed by atoms with van der Waals surface area (Å²) in [6, 6.07) is 15.5. The van der Waals surface area contributed by atoms with Crippen LogP contribution < -0.4 is 5.73 Å². The van der Waals surface area contributed by atoms with Crippen molar-refractivity contribution in [1.29, 1.82) is 0 Å². The number of nitrogens with two attached hydrogens (primary N) is 1. The third kappa shape index (κ3) is 3.01. The van der Waals surface area contributed by atoms with Crippen molar-refractivity contribution in [2.24, 2.45) is 5.73 Å². The second-order valence-electron chi connectivity index (χ2n) is 5.61. The lowest BCUT2D eigenvalue weighted by Crippen LogP contribution is -2.30. The molecule has 3 nitrogen and oxygen atoms in total. The summed E-state index contributed by atoms with van der Waals surface area (Å²) in [7, 11) is 0. The number of benzene rings is 2. The maximum Gasteiger partial charge on any atom is 0.254 e. The van der Waals surface area contributed by atoms with Gasteiger partial charge in [-0.3, -0.25) is 4.79 Å². The Bertz CT molecular complexity index is 669. The van der Waals surface area contributed by atoms with E-state index in [-0.39, 0.29) is 11.9 Å². The summed E-state index contributed by atoms with van der Waals surface area (Å²) in [5, 5.41) is 0.712. The number of nitrogens with zero attached hydrogens (tertiary/aromatic N) is 1. The van der Waals surface area contributed by atoms with Gasteiger partial charge in [0.2, 0.25) is 0 Å². The quantitative estimate of drug-likeness (QED) is 0.937. The minimum atomic E-state index is 0.0750. The van der Waals surface area contributed by atoms with Crippen molar-refractivity contribution < 1.29 is 4.79 Å². The fraction of sp³-hybridized carbons (Fsp3) is 0.278. The van der Waals surface area contributed by atoms with Crippen LogP contribution in [0.2, 0.25) is 5.02 Å². The molecule has 1 saturated heterocycles. The standard InChI is InChI=1S/C18H19ClN2O/c19-16-4-1-3-15(11-16)17-5-2-10-21(17)18(22)14-8-6-13(12-20)7-9-14/h1,3-4,6-9,11,17H,2,5,10,12,20H2. The van der Waals surface area contributed by atoms with Crippen LogP contribution in [0.5, 0.6) is 0 Å². The molecule has 0 saturated carbocycles. The van der Waals surface area contributed by atoms with Gasteiger partial charge in [-0.15, -0.1) is 0 Å². The van der Waals surface area contributed by atoms with Crippen LogP contribution in [-0.4, -0.2) is 17.4 Å². The highest BCUT2D eigenvalue weighted by molar-refractivity contribution is 6.30. The van der Waals surface area contributed by atoms with Crippen molar-refractivity contribution in [1.82, 2.24) is 4.90 Å². The van der Waals surface area contributed by atoms with E-state index in [0.717, 1.165) is 30.5 Å². The van der Waals surface area contributed by atoms with Gasteiger partial charge >= 0.3 is 0 Å². The summed E-state index contributed by atoms with van der Waals surface area (Å²) in [6.07, 6.45) is 2.00. The fourth-order valence-corrected chi connectivity index (χ4v) is 3.22. The van der Waals surface area contributed by atoms with E-state index in [1.165, 1.54) is 0 Å². The summed E-state index contributed by atoms with van der Waals surface area (Å²) in [6.45, 7) is 1.28. The molecular weight excluding hydrogens is 296 g/mol. The first-order valence-corrected chi connectivity index (χ1v) is 7.92. The molecule has 22 heavy (non-hydrogen) atoms. The zero-order valence-electron chi connectivity index (χ0n) is 12.3. The van der Waals surface area contributed by atoms with Crippen LogP contribution in [-0.2, 0) is 6.54 Å². The van der Waals surface area contributed by atoms with Gasteiger partial charge < -0.3 is 10.6 Å². The molecule has 0 bridgehead atoms. The van der Waals surface area contributed by atoms with Crippen LogP contribution >= 0.6 is 11.6 Å². The molecule has 0 aromatic heterocycles. The molecule has 4 heteroatoms. The second kappa shape index (κ2) is 6.51. The predicted octanol–water partition coefficient (Wildman–Crippen LogP) is 3.78. The summed E-state index contributed by atoms with van der Waals surface area (Å²) in [5.41, 5.74) is 8.46. The molecule has 1 fully saturated rings. The van der Waals surface area contributed by atoms with E-state index >= 15 is 0 Å². The molecule has 1 unspecified atom stereocenters. The maximum atomic E-state index is 12.8. The minimum absolute atomic E-state index is 0.0750. The largest absolute Gasteiger partial charge is 0.332 e. The molecule has 1 aliphatic heterocycles. The van der Waals surface area contributed by atoms with Crippen LogP contribution in [0, 0.1) is 0 Å². The Morgan fingerprint density at radius 3 is 2.68 bits per heavy atom. The summed E-state index contributed by atoms with van der Waals surface area (Å²) in [5.74, 6) is 0.0750. The van der Waals surface area contributed by atoms with Crippen molar-refractivity contribution in [3.05, 3.63) is 70.2 Å². The highest BCUT2D eigenvalue weighted by Gasteiger charge is 2.30. The zero-order valence-corrected chi connectivity index (χ0v) is 13.1. The Labute approximate surface area is 135 Å². The zero-order chi connectivity index (χ0) is 15.5. The van der Waals surface area contributed by atoms with Gasteiger partial charge in [-0.2, -0.15) is 0 Å². The van der Waals surface area contributed by atoms with Gasteiger partial charge in [-0.05, 0) is 48.2 Å². The van der Waals surface area contributed by atoms with E-state index in [1.54, 1.807) is 0 Å². The van der Waals surface area contributed by atoms with Gasteiger partial charge in [-0.1, -0.05) is 35.9 Å². The smallest absolute Gasteiger partial charge is 0.254 e. The lowest BCUT2D eigenvalue weighted by atomic mass is 10.0. The first kappa shape index (κ1) is 15.1. The Hall–Kier alpha value is -1.84. The SMILES string of the molecule is NCc1ccc(C(=O)N2CCCC2c2cccc(Cl)c2)cc1. The van der Waals surface area contributed by atoms with Crippen LogP contribution in [0.1, 0.15) is 40.4 Å². The number of rotatable bonds is 3. The molecular formula is C18H19ClN2O. The molecule has 3 rings (SSSR count). The molecule has 2 N–H and O–H groups in total. The summed E-state index contributed by atoms with van der Waals surface area (Å²) >= 11 is 6.09. The van der Waals surface area contributed by atoms with Crippen LogP contribution in [0.3, 0.4) is 0 Å². The Morgan fingerprint density at radius 2 is 2.00 bits per heavy atom. The van der Waals surface area contributed by atoms with Gasteiger partial charge in [0, 0.05) is 23.7 Å². The summed E-state index contributed by atoms with van der Waals surface area (Å²) < 4.78 is 0. The maximum absolute atomic E-state index is 12.8. The lowest BCUT2D eigenvalue weighted by molar-refractivity contribution is 0.0735. The molecule has 0 radical (unpaired) electrons. The average Bonchev–Trinajstić information content (AvgIpc) is 3.04. The van der Waals surface area contributed by atoms with Gasteiger partial charge in [0.1, 0.15) is 0 Å². The third-order valence-corrected chi connectivity index (χ3v) is 4.42. The van der Waals surface area contributed by atoms with E-state index < -0.39 is 0 Å². The van der Waals surface area contributed by atoms with E-state index in [2.05, 4.69) is 0 Å². The van der Waals surface area contributed by atoms with Crippen LogP contribution in [0.4, 0.5) is 0 Å². The van der Waals surface area contributed by atoms with Crippen LogP contribution in [0.25, 0.3) is 0 Å². The Kier molecular flexibility index (Phi) is 4.46. The molecule has 1 aliphatic rings. The average molecular weight is 315 g/mol. The lowest BCUT2D eigenvalue weighted by Gasteiger charge is -2.25. The topological polar surface area (TPSA) is 46.3 Å². The molecule has 2 aromatic rings. The minimum Gasteiger partial charge on any atom is -0.332 e. The molecule has 1 amide bonds. The van der Waals surface area contributed by atoms with E-state index in [9.17, 15) is 4.79 Å². The first-order valence-electron chi connectivity index (χ1n) is 7.54. The second-order valence-corrected chi connectivity index (χ2v) is 6.05. The van der Waals surface area contributed by atoms with Gasteiger partial charge in [0.25, 0.3) is 5.91 Å². The number of hydrogen-bond donors (Lipinski definition) is 1. The molecule has 0 spiro atoms. The molecule has 0 aliphatic carbocycles. The normalized spacial score (nSPS) is 17.7. The number of hydrogen-bond acceptors (Lipinski definition) is 2. The number of carbonyl (C=O) groups excluding carboxylic acids is 1. The van der Waals surface area contributed by atoms with Crippen molar-refractivity contribution in [2.45, 2.75) is 25.4 Å². The van der Waals surface area contributed by atoms with E-state index in [1.807, 2.05) is 53.4 Å². The Balaban J connectivity index is 1.84. The summed E-state index contributed by atoms with van der Waals surface area (Å²) in [4.78, 5) is 14.7. The molecule has 114 valence electrons. The van der Waals surface area contributed by atoms with E-state index in [4.69, 9.17) is 17.3 Å². The van der Waals surface area contributed by atoms with Crippen molar-refractivity contribution in [3.8, 4) is 0 Å². The molecule has 1 heterocycles. The molecule has 2 aromatic carbocycles. The Morgan fingerprint density at radius 1 is 1.23 bits per heavy atom. The fourth-order valence-electron chi connectivity index (χ4n) is 3.02. The van der Waals surface area contributed by atoms with Crippen molar-refractivity contribution >= 4 is 17.5 Å². The predicted molar refractivity (Wildman–Crippen MR) is 88.8 cm³/mol. The number of halogens is 1. The van der Waals surface area contributed by atoms with Gasteiger partial charge in [0.15, 0.2) is 0 Å². The van der Waals surface area contributed by atoms with Gasteiger partial charge in [0.05, 0.1) is 6.04 Å². The van der Waals surface area contributed by atoms with Crippen molar-refractivity contribution in [2.75, 3.05) is 6.54 Å². The number of amides is 1. The highest BCUT2D eigenvalue weighted by atomic mass is 35.5.